The van der Waals surface area contributed by atoms with Crippen molar-refractivity contribution in [1.82, 2.24) is 0 Å². The van der Waals surface area contributed by atoms with E-state index in [1.165, 1.54) is 0 Å². The van der Waals surface area contributed by atoms with E-state index in [0.717, 1.165) is 0 Å². The van der Waals surface area contributed by atoms with Crippen molar-refractivity contribution in [2.75, 3.05) is 6.54 Å². The topological polar surface area (TPSA) is 93.9 Å². The minimum atomic E-state index is -0.442. The van der Waals surface area contributed by atoms with Crippen molar-refractivity contribution in [2.24, 2.45) is 16.5 Å². The molecule has 1 aliphatic rings. The van der Waals surface area contributed by atoms with Crippen LogP contribution in [0.5, 0.6) is 0 Å². The van der Waals surface area contributed by atoms with Gasteiger partial charge in [0.2, 0.25) is 0 Å². The standard InChI is InChI=1S/C7H15N3O2/c1-4-2-5(11)6(12-4)3-10-7(8)9/h4-6,11H,2-3H2,1H3,(H4,8,9,10)/t4-,5+,6+/m0/s1. The minimum absolute atomic E-state index is 0.0327. The van der Waals surface area contributed by atoms with Gasteiger partial charge in [-0.15, -0.1) is 0 Å². The van der Waals surface area contributed by atoms with E-state index in [-0.39, 0.29) is 18.2 Å². The molecule has 5 nitrogen and oxygen atoms in total. The van der Waals surface area contributed by atoms with Gasteiger partial charge in [0, 0.05) is 6.42 Å². The Morgan fingerprint density at radius 3 is 2.75 bits per heavy atom. The summed E-state index contributed by atoms with van der Waals surface area (Å²) in [7, 11) is 0. The van der Waals surface area contributed by atoms with Gasteiger partial charge in [-0.05, 0) is 6.92 Å². The van der Waals surface area contributed by atoms with Gasteiger partial charge in [0.05, 0.1) is 18.8 Å². The zero-order valence-electron chi connectivity index (χ0n) is 7.10. The number of aliphatic imine (C=N–C) groups is 1. The summed E-state index contributed by atoms with van der Waals surface area (Å²) in [5.41, 5.74) is 10.3. The van der Waals surface area contributed by atoms with Gasteiger partial charge in [-0.25, -0.2) is 0 Å². The average Bonchev–Trinajstić information content (AvgIpc) is 2.26. The van der Waals surface area contributed by atoms with Crippen LogP contribution in [-0.4, -0.2) is 35.9 Å². The zero-order valence-corrected chi connectivity index (χ0v) is 7.10. The molecule has 1 aliphatic heterocycles. The highest BCUT2D eigenvalue weighted by molar-refractivity contribution is 5.75. The number of ether oxygens (including phenoxy) is 1. The Balaban J connectivity index is 2.38. The van der Waals surface area contributed by atoms with Gasteiger partial charge in [0.25, 0.3) is 0 Å². The maximum Gasteiger partial charge on any atom is 0.186 e. The molecule has 0 unspecified atom stereocenters. The van der Waals surface area contributed by atoms with Crippen molar-refractivity contribution < 1.29 is 9.84 Å². The molecule has 12 heavy (non-hydrogen) atoms. The molecule has 0 amide bonds. The van der Waals surface area contributed by atoms with E-state index < -0.39 is 6.10 Å². The van der Waals surface area contributed by atoms with Crippen LogP contribution in [-0.2, 0) is 4.74 Å². The molecule has 3 atom stereocenters. The van der Waals surface area contributed by atoms with Crippen LogP contribution in [0.2, 0.25) is 0 Å². The maximum absolute atomic E-state index is 9.40. The van der Waals surface area contributed by atoms with Crippen LogP contribution in [0.1, 0.15) is 13.3 Å². The summed E-state index contributed by atoms with van der Waals surface area (Å²) in [5, 5.41) is 9.40. The van der Waals surface area contributed by atoms with Crippen LogP contribution in [0, 0.1) is 0 Å². The summed E-state index contributed by atoms with van der Waals surface area (Å²) in [6.07, 6.45) is 0.0643. The van der Waals surface area contributed by atoms with Gasteiger partial charge in [-0.3, -0.25) is 4.99 Å². The summed E-state index contributed by atoms with van der Waals surface area (Å²) in [4.78, 5) is 3.78. The lowest BCUT2D eigenvalue weighted by molar-refractivity contribution is 0.0227. The molecule has 1 fully saturated rings. The first-order valence-corrected chi connectivity index (χ1v) is 3.98. The molecule has 5 N–H and O–H groups in total. The van der Waals surface area contributed by atoms with E-state index in [1.54, 1.807) is 0 Å². The van der Waals surface area contributed by atoms with Gasteiger partial charge >= 0.3 is 0 Å². The van der Waals surface area contributed by atoms with Gasteiger partial charge < -0.3 is 21.3 Å². The Hall–Kier alpha value is -0.810. The van der Waals surface area contributed by atoms with Gasteiger partial charge in [0.1, 0.15) is 6.10 Å². The van der Waals surface area contributed by atoms with Crippen LogP contribution in [0.3, 0.4) is 0 Å². The summed E-state index contributed by atoms with van der Waals surface area (Å²) in [6, 6.07) is 0. The zero-order chi connectivity index (χ0) is 9.14. The smallest absolute Gasteiger partial charge is 0.186 e. The number of hydrogen-bond donors (Lipinski definition) is 3. The molecule has 0 aliphatic carbocycles. The third kappa shape index (κ3) is 2.35. The second kappa shape index (κ2) is 3.73. The molecule has 0 spiro atoms. The molecule has 5 heteroatoms. The molecule has 0 aromatic heterocycles. The Bertz CT molecular complexity index is 179. The molecule has 1 saturated heterocycles. The van der Waals surface area contributed by atoms with Crippen molar-refractivity contribution >= 4 is 5.96 Å². The first-order valence-electron chi connectivity index (χ1n) is 3.98. The number of guanidine groups is 1. The van der Waals surface area contributed by atoms with Crippen LogP contribution < -0.4 is 11.5 Å². The summed E-state index contributed by atoms with van der Waals surface area (Å²) in [5.74, 6) is 0.0327. The first-order chi connectivity index (χ1) is 5.59. The number of aliphatic hydroxyl groups excluding tert-OH is 1. The number of nitrogens with zero attached hydrogens (tertiary/aromatic N) is 1. The number of rotatable bonds is 2. The first kappa shape index (κ1) is 9.28. The second-order valence-electron chi connectivity index (χ2n) is 3.05. The molecule has 0 saturated carbocycles. The monoisotopic (exact) mass is 173 g/mol. The van der Waals surface area contributed by atoms with Crippen molar-refractivity contribution in [3.8, 4) is 0 Å². The van der Waals surface area contributed by atoms with E-state index in [9.17, 15) is 5.11 Å². The largest absolute Gasteiger partial charge is 0.390 e. The second-order valence-corrected chi connectivity index (χ2v) is 3.05. The number of aliphatic hydroxyl groups is 1. The fourth-order valence-electron chi connectivity index (χ4n) is 1.30. The maximum atomic E-state index is 9.40. The Morgan fingerprint density at radius 2 is 2.33 bits per heavy atom. The van der Waals surface area contributed by atoms with Gasteiger partial charge in [0.15, 0.2) is 5.96 Å². The van der Waals surface area contributed by atoms with Crippen molar-refractivity contribution in [3.05, 3.63) is 0 Å². The predicted molar refractivity (Wildman–Crippen MR) is 45.6 cm³/mol. The van der Waals surface area contributed by atoms with Gasteiger partial charge in [-0.2, -0.15) is 0 Å². The van der Waals surface area contributed by atoms with Crippen molar-refractivity contribution in [1.29, 1.82) is 0 Å². The Labute approximate surface area is 71.4 Å². The lowest BCUT2D eigenvalue weighted by Crippen LogP contribution is -2.28. The van der Waals surface area contributed by atoms with Crippen LogP contribution in [0.4, 0.5) is 0 Å². The SMILES string of the molecule is C[C@H]1C[C@@H](O)[C@@H](CN=C(N)N)O1. The van der Waals surface area contributed by atoms with Crippen LogP contribution in [0.15, 0.2) is 4.99 Å². The Morgan fingerprint density at radius 1 is 1.67 bits per heavy atom. The summed E-state index contributed by atoms with van der Waals surface area (Å²) >= 11 is 0. The van der Waals surface area contributed by atoms with E-state index in [4.69, 9.17) is 16.2 Å². The highest BCUT2D eigenvalue weighted by Gasteiger charge is 2.30. The highest BCUT2D eigenvalue weighted by Crippen LogP contribution is 2.19. The molecule has 1 heterocycles. The van der Waals surface area contributed by atoms with E-state index in [0.29, 0.717) is 13.0 Å². The molecule has 70 valence electrons. The molecule has 1 rings (SSSR count). The van der Waals surface area contributed by atoms with E-state index >= 15 is 0 Å². The fourth-order valence-corrected chi connectivity index (χ4v) is 1.30. The lowest BCUT2D eigenvalue weighted by atomic mass is 10.1. The van der Waals surface area contributed by atoms with Crippen molar-refractivity contribution in [2.45, 2.75) is 31.7 Å². The highest BCUT2D eigenvalue weighted by atomic mass is 16.5. The van der Waals surface area contributed by atoms with E-state index in [2.05, 4.69) is 4.99 Å². The molecule has 0 radical (unpaired) electrons. The van der Waals surface area contributed by atoms with E-state index in [1.807, 2.05) is 6.92 Å². The molecule has 0 bridgehead atoms. The minimum Gasteiger partial charge on any atom is -0.390 e. The van der Waals surface area contributed by atoms with Crippen LogP contribution in [0.25, 0.3) is 0 Å². The molecule has 0 aromatic rings. The summed E-state index contributed by atoms with van der Waals surface area (Å²) < 4.78 is 5.36. The van der Waals surface area contributed by atoms with Crippen molar-refractivity contribution in [3.63, 3.8) is 0 Å². The van der Waals surface area contributed by atoms with Gasteiger partial charge in [-0.1, -0.05) is 0 Å². The number of nitrogens with two attached hydrogens (primary N) is 2. The molecular formula is C7H15N3O2. The summed E-state index contributed by atoms with van der Waals surface area (Å²) in [6.45, 7) is 2.26. The fraction of sp³-hybridized carbons (Fsp3) is 0.857. The third-order valence-corrected chi connectivity index (χ3v) is 1.86. The quantitative estimate of drug-likeness (QED) is 0.361. The number of hydrogen-bond acceptors (Lipinski definition) is 3. The normalized spacial score (nSPS) is 35.0. The molecule has 0 aromatic carbocycles. The average molecular weight is 173 g/mol. The predicted octanol–water partition coefficient (Wildman–Crippen LogP) is -1.20. The molecular weight excluding hydrogens is 158 g/mol. The Kier molecular flexibility index (Phi) is 2.88. The lowest BCUT2D eigenvalue weighted by Gasteiger charge is -2.10. The third-order valence-electron chi connectivity index (χ3n) is 1.86. The van der Waals surface area contributed by atoms with Crippen LogP contribution >= 0.6 is 0 Å².